The number of amides is 1. The first-order valence-electron chi connectivity index (χ1n) is 5.89. The van der Waals surface area contributed by atoms with E-state index in [1.165, 1.54) is 0 Å². The fourth-order valence-corrected chi connectivity index (χ4v) is 1.99. The number of hydrogen-bond acceptors (Lipinski definition) is 3. The van der Waals surface area contributed by atoms with Crippen molar-refractivity contribution in [3.63, 3.8) is 0 Å². The summed E-state index contributed by atoms with van der Waals surface area (Å²) in [6.45, 7) is 3.84. The zero-order valence-corrected chi connectivity index (χ0v) is 11.4. The number of ether oxygens (including phenoxy) is 1. The second-order valence-corrected chi connectivity index (χ2v) is 4.42. The van der Waals surface area contributed by atoms with Gasteiger partial charge >= 0.3 is 6.09 Å². The van der Waals surface area contributed by atoms with E-state index in [1.54, 1.807) is 24.3 Å². The van der Waals surface area contributed by atoms with E-state index >= 15 is 0 Å². The van der Waals surface area contributed by atoms with Gasteiger partial charge in [0.2, 0.25) is 0 Å². The maximum absolute atomic E-state index is 11.8. The van der Waals surface area contributed by atoms with E-state index in [1.807, 2.05) is 19.9 Å². The molecule has 1 aromatic carbocycles. The van der Waals surface area contributed by atoms with Crippen LogP contribution in [-0.4, -0.2) is 16.6 Å². The molecule has 0 aliphatic rings. The number of para-hydroxylation sites is 1. The lowest BCUT2D eigenvalue weighted by molar-refractivity contribution is 0.190. The number of nitrogens with one attached hydrogen (secondary N) is 1. The van der Waals surface area contributed by atoms with Crippen molar-refractivity contribution >= 4 is 23.3 Å². The van der Waals surface area contributed by atoms with Gasteiger partial charge in [-0.05, 0) is 25.0 Å². The molecule has 0 radical (unpaired) electrons. The minimum atomic E-state index is -0.679. The molecule has 0 unspecified atom stereocenters. The number of carbonyl (C=O) groups excluding carboxylic acids is 1. The van der Waals surface area contributed by atoms with Crippen LogP contribution in [0, 0.1) is 0 Å². The molecule has 0 aromatic heterocycles. The van der Waals surface area contributed by atoms with Gasteiger partial charge in [-0.2, -0.15) is 0 Å². The Labute approximate surface area is 113 Å². The first kappa shape index (κ1) is 14.4. The highest BCUT2D eigenvalue weighted by molar-refractivity contribution is 7.80. The molecule has 3 N–H and O–H groups in total. The van der Waals surface area contributed by atoms with E-state index in [-0.39, 0.29) is 4.99 Å². The predicted molar refractivity (Wildman–Crippen MR) is 75.7 cm³/mol. The summed E-state index contributed by atoms with van der Waals surface area (Å²) in [7, 11) is 0. The molecule has 1 amide bonds. The van der Waals surface area contributed by atoms with E-state index < -0.39 is 11.6 Å². The summed E-state index contributed by atoms with van der Waals surface area (Å²) in [4.78, 5) is 12.1. The van der Waals surface area contributed by atoms with Gasteiger partial charge in [-0.25, -0.2) is 4.79 Å². The highest BCUT2D eigenvalue weighted by Crippen LogP contribution is 2.16. The molecule has 0 fully saturated rings. The van der Waals surface area contributed by atoms with Crippen molar-refractivity contribution < 1.29 is 9.53 Å². The topological polar surface area (TPSA) is 64.3 Å². The molecule has 18 heavy (non-hydrogen) atoms. The molecule has 4 nitrogen and oxygen atoms in total. The quantitative estimate of drug-likeness (QED) is 0.804. The van der Waals surface area contributed by atoms with Crippen LogP contribution in [-0.2, 0) is 0 Å². The van der Waals surface area contributed by atoms with Crippen molar-refractivity contribution in [1.29, 1.82) is 0 Å². The standard InChI is InChI=1S/C13H18N2O2S/c1-3-13(4-2,11(14)18)15-12(16)17-10-8-6-5-7-9-10/h5-9H,3-4H2,1-2H3,(H2,14,18)(H,15,16). The summed E-state index contributed by atoms with van der Waals surface area (Å²) < 4.78 is 5.16. The molecule has 0 heterocycles. The molecule has 0 spiro atoms. The summed E-state index contributed by atoms with van der Waals surface area (Å²) in [6.07, 6.45) is 0.712. The maximum Gasteiger partial charge on any atom is 0.413 e. The number of nitrogens with two attached hydrogens (primary N) is 1. The Morgan fingerprint density at radius 1 is 1.33 bits per heavy atom. The first-order valence-corrected chi connectivity index (χ1v) is 6.30. The summed E-state index contributed by atoms with van der Waals surface area (Å²) in [5, 5.41) is 2.75. The Kier molecular flexibility index (Phi) is 5.09. The van der Waals surface area contributed by atoms with E-state index in [4.69, 9.17) is 22.7 Å². The van der Waals surface area contributed by atoms with Gasteiger partial charge in [-0.1, -0.05) is 44.3 Å². The normalized spacial score (nSPS) is 10.8. The summed E-state index contributed by atoms with van der Waals surface area (Å²) in [5.74, 6) is 0.485. The van der Waals surface area contributed by atoms with Gasteiger partial charge in [0.05, 0.1) is 10.5 Å². The average molecular weight is 266 g/mol. The molecular formula is C13H18N2O2S. The number of benzene rings is 1. The molecule has 1 rings (SSSR count). The molecule has 0 aliphatic carbocycles. The zero-order chi connectivity index (χ0) is 13.6. The van der Waals surface area contributed by atoms with Gasteiger partial charge in [0.25, 0.3) is 0 Å². The van der Waals surface area contributed by atoms with Crippen molar-refractivity contribution in [3.05, 3.63) is 30.3 Å². The largest absolute Gasteiger partial charge is 0.413 e. The molecule has 0 saturated heterocycles. The fourth-order valence-electron chi connectivity index (χ4n) is 1.65. The fraction of sp³-hybridized carbons (Fsp3) is 0.385. The lowest BCUT2D eigenvalue weighted by Crippen LogP contribution is -2.56. The third kappa shape index (κ3) is 3.43. The second kappa shape index (κ2) is 6.35. The number of hydrogen-bond donors (Lipinski definition) is 2. The second-order valence-electron chi connectivity index (χ2n) is 3.98. The summed E-state index contributed by atoms with van der Waals surface area (Å²) in [5.41, 5.74) is 5.02. The minimum Gasteiger partial charge on any atom is -0.410 e. The van der Waals surface area contributed by atoms with Crippen LogP contribution in [0.5, 0.6) is 5.75 Å². The third-order valence-electron chi connectivity index (χ3n) is 2.97. The van der Waals surface area contributed by atoms with Crippen molar-refractivity contribution in [1.82, 2.24) is 5.32 Å². The molecule has 0 bridgehead atoms. The van der Waals surface area contributed by atoms with Gasteiger partial charge < -0.3 is 15.8 Å². The Morgan fingerprint density at radius 3 is 2.33 bits per heavy atom. The lowest BCUT2D eigenvalue weighted by atomic mass is 9.93. The summed E-state index contributed by atoms with van der Waals surface area (Å²) >= 11 is 5.02. The van der Waals surface area contributed by atoms with Gasteiger partial charge in [0.15, 0.2) is 0 Å². The molecule has 0 saturated carbocycles. The summed E-state index contributed by atoms with van der Waals surface area (Å²) in [6, 6.07) is 8.86. The zero-order valence-electron chi connectivity index (χ0n) is 10.6. The van der Waals surface area contributed by atoms with Gasteiger partial charge in [-0.15, -0.1) is 0 Å². The molecule has 0 aliphatic heterocycles. The van der Waals surface area contributed by atoms with E-state index in [9.17, 15) is 4.79 Å². The van der Waals surface area contributed by atoms with Crippen LogP contribution in [0.1, 0.15) is 26.7 Å². The van der Waals surface area contributed by atoms with Crippen LogP contribution in [0.3, 0.4) is 0 Å². The molecule has 5 heteroatoms. The van der Waals surface area contributed by atoms with Crippen molar-refractivity contribution in [3.8, 4) is 5.75 Å². The minimum absolute atomic E-state index is 0.275. The Morgan fingerprint density at radius 2 is 1.89 bits per heavy atom. The van der Waals surface area contributed by atoms with Crippen LogP contribution in [0.15, 0.2) is 30.3 Å². The van der Waals surface area contributed by atoms with Crippen LogP contribution in [0.4, 0.5) is 4.79 Å². The molecule has 0 atom stereocenters. The Bertz CT molecular complexity index is 416. The average Bonchev–Trinajstić information content (AvgIpc) is 2.37. The SMILES string of the molecule is CCC(CC)(NC(=O)Oc1ccccc1)C(N)=S. The van der Waals surface area contributed by atoms with Gasteiger partial charge in [0.1, 0.15) is 5.75 Å². The number of thiocarbonyl (C=S) groups is 1. The van der Waals surface area contributed by atoms with Crippen LogP contribution >= 0.6 is 12.2 Å². The monoisotopic (exact) mass is 266 g/mol. The number of carbonyl (C=O) groups is 1. The van der Waals surface area contributed by atoms with Gasteiger partial charge in [0, 0.05) is 0 Å². The lowest BCUT2D eigenvalue weighted by Gasteiger charge is -2.30. The van der Waals surface area contributed by atoms with Crippen molar-refractivity contribution in [2.45, 2.75) is 32.2 Å². The predicted octanol–water partition coefficient (Wildman–Crippen LogP) is 2.62. The van der Waals surface area contributed by atoms with Crippen molar-refractivity contribution in [2.24, 2.45) is 5.73 Å². The Balaban J connectivity index is 2.71. The molecule has 1 aromatic rings. The number of rotatable bonds is 5. The highest BCUT2D eigenvalue weighted by Gasteiger charge is 2.32. The van der Waals surface area contributed by atoms with Crippen LogP contribution in [0.2, 0.25) is 0 Å². The highest BCUT2D eigenvalue weighted by atomic mass is 32.1. The first-order chi connectivity index (χ1) is 8.54. The smallest absolute Gasteiger partial charge is 0.410 e. The van der Waals surface area contributed by atoms with Crippen molar-refractivity contribution in [2.75, 3.05) is 0 Å². The van der Waals surface area contributed by atoms with Crippen LogP contribution in [0.25, 0.3) is 0 Å². The van der Waals surface area contributed by atoms with E-state index in [2.05, 4.69) is 5.32 Å². The Hall–Kier alpha value is -1.62. The van der Waals surface area contributed by atoms with Crippen LogP contribution < -0.4 is 15.8 Å². The van der Waals surface area contributed by atoms with E-state index in [0.29, 0.717) is 18.6 Å². The third-order valence-corrected chi connectivity index (χ3v) is 3.36. The molecule has 98 valence electrons. The maximum atomic E-state index is 11.8. The van der Waals surface area contributed by atoms with E-state index in [0.717, 1.165) is 0 Å². The molecular weight excluding hydrogens is 248 g/mol. The van der Waals surface area contributed by atoms with Gasteiger partial charge in [-0.3, -0.25) is 0 Å².